The van der Waals surface area contributed by atoms with E-state index in [0.29, 0.717) is 13.0 Å². The first-order valence-electron chi connectivity index (χ1n) is 7.69. The Kier molecular flexibility index (Phi) is 7.02. The fourth-order valence-corrected chi connectivity index (χ4v) is 2.13. The van der Waals surface area contributed by atoms with Gasteiger partial charge in [0.05, 0.1) is 0 Å². The van der Waals surface area contributed by atoms with E-state index in [-0.39, 0.29) is 23.7 Å². The minimum Gasteiger partial charge on any atom is -0.352 e. The van der Waals surface area contributed by atoms with E-state index in [0.717, 1.165) is 12.0 Å². The number of rotatable bonds is 7. The van der Waals surface area contributed by atoms with Crippen LogP contribution in [0.2, 0.25) is 0 Å². The van der Waals surface area contributed by atoms with Crippen LogP contribution in [0.4, 0.5) is 4.39 Å². The molecule has 0 radical (unpaired) electrons. The van der Waals surface area contributed by atoms with Crippen LogP contribution < -0.4 is 5.32 Å². The highest BCUT2D eigenvalue weighted by Crippen LogP contribution is 2.12. The Bertz CT molecular complexity index is 500. The van der Waals surface area contributed by atoms with Gasteiger partial charge >= 0.3 is 0 Å². The number of halogens is 1. The molecule has 0 bridgehead atoms. The van der Waals surface area contributed by atoms with Gasteiger partial charge in [-0.05, 0) is 44.9 Å². The maximum Gasteiger partial charge on any atom is 0.242 e. The van der Waals surface area contributed by atoms with Crippen LogP contribution in [0.15, 0.2) is 24.3 Å². The van der Waals surface area contributed by atoms with Gasteiger partial charge in [-0.15, -0.1) is 0 Å². The van der Waals surface area contributed by atoms with Crippen LogP contribution in [0, 0.1) is 5.82 Å². The van der Waals surface area contributed by atoms with Gasteiger partial charge in [0, 0.05) is 19.0 Å². The van der Waals surface area contributed by atoms with Gasteiger partial charge in [0.2, 0.25) is 11.8 Å². The first-order valence-corrected chi connectivity index (χ1v) is 7.69. The summed E-state index contributed by atoms with van der Waals surface area (Å²) in [6.45, 7) is 7.69. The summed E-state index contributed by atoms with van der Waals surface area (Å²) in [5.74, 6) is -0.569. The van der Waals surface area contributed by atoms with Gasteiger partial charge in [-0.25, -0.2) is 4.39 Å². The molecule has 122 valence electrons. The second-order valence-corrected chi connectivity index (χ2v) is 5.74. The monoisotopic (exact) mass is 308 g/mol. The molecule has 0 aliphatic carbocycles. The number of nitrogens with zero attached hydrogens (tertiary/aromatic N) is 1. The summed E-state index contributed by atoms with van der Waals surface area (Å²) in [5.41, 5.74) is 0.801. The van der Waals surface area contributed by atoms with E-state index in [1.165, 1.54) is 12.1 Å². The molecule has 5 heteroatoms. The van der Waals surface area contributed by atoms with E-state index in [4.69, 9.17) is 0 Å². The summed E-state index contributed by atoms with van der Waals surface area (Å²) in [4.78, 5) is 26.1. The fourth-order valence-electron chi connectivity index (χ4n) is 2.13. The van der Waals surface area contributed by atoms with Gasteiger partial charge in [-0.2, -0.15) is 0 Å². The van der Waals surface area contributed by atoms with Crippen LogP contribution in [-0.4, -0.2) is 28.8 Å². The SMILES string of the molecule is CCCC(=O)N(Cc1ccc(F)cc1)[C@H](C)C(=O)NC(C)C. The van der Waals surface area contributed by atoms with Gasteiger partial charge in [0.15, 0.2) is 0 Å². The molecule has 0 aliphatic rings. The number of carbonyl (C=O) groups is 2. The molecule has 1 aromatic rings. The number of hydrogen-bond donors (Lipinski definition) is 1. The van der Waals surface area contributed by atoms with Crippen molar-refractivity contribution in [2.45, 2.75) is 59.2 Å². The lowest BCUT2D eigenvalue weighted by molar-refractivity contribution is -0.140. The van der Waals surface area contributed by atoms with Crippen molar-refractivity contribution >= 4 is 11.8 Å². The quantitative estimate of drug-likeness (QED) is 0.842. The lowest BCUT2D eigenvalue weighted by Crippen LogP contribution is -2.49. The minimum absolute atomic E-state index is 0.0175. The van der Waals surface area contributed by atoms with Crippen molar-refractivity contribution in [3.05, 3.63) is 35.6 Å². The molecule has 0 saturated carbocycles. The Hall–Kier alpha value is -1.91. The molecule has 1 N–H and O–H groups in total. The number of hydrogen-bond acceptors (Lipinski definition) is 2. The molecule has 0 saturated heterocycles. The second-order valence-electron chi connectivity index (χ2n) is 5.74. The summed E-state index contributed by atoms with van der Waals surface area (Å²) in [6, 6.07) is 5.44. The van der Waals surface area contributed by atoms with E-state index < -0.39 is 6.04 Å². The number of carbonyl (C=O) groups excluding carboxylic acids is 2. The Balaban J connectivity index is 2.89. The zero-order valence-corrected chi connectivity index (χ0v) is 13.7. The van der Waals surface area contributed by atoms with Crippen LogP contribution in [-0.2, 0) is 16.1 Å². The normalized spacial score (nSPS) is 12.1. The van der Waals surface area contributed by atoms with Crippen molar-refractivity contribution in [2.75, 3.05) is 0 Å². The van der Waals surface area contributed by atoms with Crippen molar-refractivity contribution in [1.82, 2.24) is 10.2 Å². The highest BCUT2D eigenvalue weighted by Gasteiger charge is 2.25. The summed E-state index contributed by atoms with van der Waals surface area (Å²) in [7, 11) is 0. The highest BCUT2D eigenvalue weighted by molar-refractivity contribution is 5.87. The van der Waals surface area contributed by atoms with Crippen molar-refractivity contribution in [3.8, 4) is 0 Å². The van der Waals surface area contributed by atoms with Crippen molar-refractivity contribution in [1.29, 1.82) is 0 Å². The first kappa shape index (κ1) is 18.1. The predicted molar refractivity (Wildman–Crippen MR) is 84.6 cm³/mol. The van der Waals surface area contributed by atoms with Gasteiger partial charge < -0.3 is 10.2 Å². The molecule has 1 rings (SSSR count). The van der Waals surface area contributed by atoms with E-state index in [2.05, 4.69) is 5.32 Å². The molecule has 4 nitrogen and oxygen atoms in total. The molecule has 1 atom stereocenters. The standard InChI is InChI=1S/C17H25FN2O2/c1-5-6-16(21)20(13(4)17(22)19-12(2)3)11-14-7-9-15(18)10-8-14/h7-10,12-13H,5-6,11H2,1-4H3,(H,19,22)/t13-/m1/s1. The summed E-state index contributed by atoms with van der Waals surface area (Å²) in [6.07, 6.45) is 1.11. The first-order chi connectivity index (χ1) is 10.3. The third-order valence-electron chi connectivity index (χ3n) is 3.33. The van der Waals surface area contributed by atoms with Gasteiger partial charge in [0.1, 0.15) is 11.9 Å². The van der Waals surface area contributed by atoms with E-state index in [1.54, 1.807) is 24.0 Å². The summed E-state index contributed by atoms with van der Waals surface area (Å²) in [5, 5.41) is 2.82. The molecular formula is C17H25FN2O2. The van der Waals surface area contributed by atoms with E-state index in [1.807, 2.05) is 20.8 Å². The molecule has 0 aromatic heterocycles. The molecule has 22 heavy (non-hydrogen) atoms. The largest absolute Gasteiger partial charge is 0.352 e. The van der Waals surface area contributed by atoms with Crippen LogP contribution in [0.3, 0.4) is 0 Å². The number of benzene rings is 1. The maximum atomic E-state index is 13.0. The minimum atomic E-state index is -0.563. The van der Waals surface area contributed by atoms with Crippen LogP contribution in [0.5, 0.6) is 0 Å². The van der Waals surface area contributed by atoms with Gasteiger partial charge in [-0.1, -0.05) is 19.1 Å². The lowest BCUT2D eigenvalue weighted by atomic mass is 10.1. The molecule has 0 unspecified atom stereocenters. The Morgan fingerprint density at radius 1 is 1.18 bits per heavy atom. The van der Waals surface area contributed by atoms with Crippen molar-refractivity contribution in [2.24, 2.45) is 0 Å². The summed E-state index contributed by atoms with van der Waals surface area (Å²) >= 11 is 0. The Morgan fingerprint density at radius 3 is 2.27 bits per heavy atom. The average molecular weight is 308 g/mol. The third-order valence-corrected chi connectivity index (χ3v) is 3.33. The zero-order valence-electron chi connectivity index (χ0n) is 13.7. The Labute approximate surface area is 131 Å². The predicted octanol–water partition coefficient (Wildman–Crippen LogP) is 2.87. The molecule has 0 fully saturated rings. The molecule has 2 amide bonds. The number of amides is 2. The van der Waals surface area contributed by atoms with Crippen molar-refractivity contribution < 1.29 is 14.0 Å². The lowest BCUT2D eigenvalue weighted by Gasteiger charge is -2.29. The fraction of sp³-hybridized carbons (Fsp3) is 0.529. The van der Waals surface area contributed by atoms with Crippen LogP contribution >= 0.6 is 0 Å². The van der Waals surface area contributed by atoms with Gasteiger partial charge in [0.25, 0.3) is 0 Å². The zero-order chi connectivity index (χ0) is 16.7. The van der Waals surface area contributed by atoms with E-state index >= 15 is 0 Å². The Morgan fingerprint density at radius 2 is 1.77 bits per heavy atom. The maximum absolute atomic E-state index is 13.0. The molecular weight excluding hydrogens is 283 g/mol. The molecule has 0 spiro atoms. The second kappa shape index (κ2) is 8.51. The molecule has 0 heterocycles. The van der Waals surface area contributed by atoms with Crippen molar-refractivity contribution in [3.63, 3.8) is 0 Å². The van der Waals surface area contributed by atoms with Crippen LogP contribution in [0.1, 0.15) is 46.1 Å². The highest BCUT2D eigenvalue weighted by atomic mass is 19.1. The smallest absolute Gasteiger partial charge is 0.242 e. The molecule has 1 aromatic carbocycles. The third kappa shape index (κ3) is 5.47. The van der Waals surface area contributed by atoms with Gasteiger partial charge in [-0.3, -0.25) is 9.59 Å². The molecule has 0 aliphatic heterocycles. The van der Waals surface area contributed by atoms with E-state index in [9.17, 15) is 14.0 Å². The summed E-state index contributed by atoms with van der Waals surface area (Å²) < 4.78 is 13.0. The average Bonchev–Trinajstić information content (AvgIpc) is 2.45. The number of nitrogens with one attached hydrogen (secondary N) is 1. The topological polar surface area (TPSA) is 49.4 Å². The van der Waals surface area contributed by atoms with Crippen LogP contribution in [0.25, 0.3) is 0 Å².